The maximum absolute atomic E-state index is 12.8. The molecule has 0 fully saturated rings. The van der Waals surface area contributed by atoms with Crippen molar-refractivity contribution in [2.45, 2.75) is 52.8 Å². The van der Waals surface area contributed by atoms with Crippen LogP contribution in [0.15, 0.2) is 47.3 Å². The number of benzene rings is 2. The van der Waals surface area contributed by atoms with E-state index in [4.69, 9.17) is 4.74 Å². The number of amides is 1. The van der Waals surface area contributed by atoms with Gasteiger partial charge in [-0.05, 0) is 56.2 Å². The molecule has 0 saturated carbocycles. The molecule has 1 atom stereocenters. The van der Waals surface area contributed by atoms with Gasteiger partial charge >= 0.3 is 11.7 Å². The SMILES string of the molecule is CCn1c(=O)n(CCC(=O)O[C@@H](C)C(=O)c2ccc3c(c2)CCN3C(C)=O)c2ccccc21. The number of rotatable bonds is 7. The third-order valence-electron chi connectivity index (χ3n) is 6.10. The van der Waals surface area contributed by atoms with Crippen LogP contribution in [0.3, 0.4) is 0 Å². The van der Waals surface area contributed by atoms with E-state index in [1.807, 2.05) is 31.2 Å². The van der Waals surface area contributed by atoms with Crippen molar-refractivity contribution in [2.75, 3.05) is 11.4 Å². The van der Waals surface area contributed by atoms with E-state index in [1.54, 1.807) is 39.2 Å². The number of aryl methyl sites for hydroxylation is 2. The van der Waals surface area contributed by atoms with E-state index in [-0.39, 0.29) is 30.3 Å². The molecular weight excluding hydrogens is 422 g/mol. The minimum absolute atomic E-state index is 0.0208. The molecular formula is C25H27N3O5. The summed E-state index contributed by atoms with van der Waals surface area (Å²) in [5.41, 5.74) is 3.61. The van der Waals surface area contributed by atoms with Crippen molar-refractivity contribution < 1.29 is 19.1 Å². The van der Waals surface area contributed by atoms with Gasteiger partial charge in [0.25, 0.3) is 0 Å². The van der Waals surface area contributed by atoms with E-state index < -0.39 is 12.1 Å². The first-order chi connectivity index (χ1) is 15.8. The van der Waals surface area contributed by atoms with Crippen LogP contribution in [0.1, 0.15) is 43.1 Å². The number of imidazole rings is 1. The number of fused-ring (bicyclic) bond motifs is 2. The summed E-state index contributed by atoms with van der Waals surface area (Å²) >= 11 is 0. The number of hydrogen-bond donors (Lipinski definition) is 0. The highest BCUT2D eigenvalue weighted by Crippen LogP contribution is 2.29. The number of nitrogens with zero attached hydrogens (tertiary/aromatic N) is 3. The lowest BCUT2D eigenvalue weighted by Gasteiger charge is -2.16. The number of aromatic nitrogens is 2. The van der Waals surface area contributed by atoms with Gasteiger partial charge in [-0.25, -0.2) is 4.79 Å². The predicted molar refractivity (Wildman–Crippen MR) is 125 cm³/mol. The number of Topliss-reactive ketones (excluding diaryl/α,β-unsaturated/α-hetero) is 1. The molecule has 8 heteroatoms. The topological polar surface area (TPSA) is 90.6 Å². The van der Waals surface area contributed by atoms with Crippen LogP contribution in [-0.4, -0.2) is 39.4 Å². The molecule has 0 saturated heterocycles. The van der Waals surface area contributed by atoms with Crippen molar-refractivity contribution in [2.24, 2.45) is 0 Å². The quantitative estimate of drug-likeness (QED) is 0.409. The Balaban J connectivity index is 1.41. The fraction of sp³-hybridized carbons (Fsp3) is 0.360. The fourth-order valence-electron chi connectivity index (χ4n) is 4.42. The van der Waals surface area contributed by atoms with Gasteiger partial charge in [0.2, 0.25) is 11.7 Å². The highest BCUT2D eigenvalue weighted by Gasteiger charge is 2.25. The van der Waals surface area contributed by atoms with Gasteiger partial charge in [-0.2, -0.15) is 0 Å². The second-order valence-corrected chi connectivity index (χ2v) is 8.18. The Kier molecular flexibility index (Phi) is 6.18. The molecule has 0 radical (unpaired) electrons. The Morgan fingerprint density at radius 2 is 1.76 bits per heavy atom. The number of para-hydroxylation sites is 2. The smallest absolute Gasteiger partial charge is 0.329 e. The van der Waals surface area contributed by atoms with Crippen molar-refractivity contribution in [1.29, 1.82) is 0 Å². The second kappa shape index (κ2) is 9.05. The highest BCUT2D eigenvalue weighted by atomic mass is 16.5. The van der Waals surface area contributed by atoms with Gasteiger partial charge in [0.1, 0.15) is 0 Å². The highest BCUT2D eigenvalue weighted by molar-refractivity contribution is 6.01. The minimum Gasteiger partial charge on any atom is -0.454 e. The third kappa shape index (κ3) is 4.20. The number of hydrogen-bond acceptors (Lipinski definition) is 5. The molecule has 0 bridgehead atoms. The lowest BCUT2D eigenvalue weighted by Crippen LogP contribution is -2.27. The van der Waals surface area contributed by atoms with E-state index in [1.165, 1.54) is 6.92 Å². The Morgan fingerprint density at radius 1 is 1.06 bits per heavy atom. The van der Waals surface area contributed by atoms with Gasteiger partial charge in [-0.1, -0.05) is 12.1 Å². The van der Waals surface area contributed by atoms with Crippen molar-refractivity contribution in [1.82, 2.24) is 9.13 Å². The molecule has 0 unspecified atom stereocenters. The molecule has 0 spiro atoms. The van der Waals surface area contributed by atoms with Crippen molar-refractivity contribution in [3.05, 3.63) is 64.1 Å². The number of anilines is 1. The van der Waals surface area contributed by atoms with Gasteiger partial charge in [0, 0.05) is 37.8 Å². The van der Waals surface area contributed by atoms with Crippen LogP contribution in [0.4, 0.5) is 5.69 Å². The lowest BCUT2D eigenvalue weighted by atomic mass is 10.0. The monoisotopic (exact) mass is 449 g/mol. The number of carbonyl (C=O) groups is 3. The largest absolute Gasteiger partial charge is 0.454 e. The van der Waals surface area contributed by atoms with Gasteiger partial charge < -0.3 is 9.64 Å². The van der Waals surface area contributed by atoms with E-state index in [2.05, 4.69) is 0 Å². The molecule has 2 heterocycles. The van der Waals surface area contributed by atoms with Crippen LogP contribution < -0.4 is 10.6 Å². The van der Waals surface area contributed by atoms with Crippen LogP contribution in [0.5, 0.6) is 0 Å². The normalized spacial score (nSPS) is 13.7. The summed E-state index contributed by atoms with van der Waals surface area (Å²) in [6, 6.07) is 12.6. The van der Waals surface area contributed by atoms with E-state index in [0.29, 0.717) is 25.1 Å². The number of esters is 1. The summed E-state index contributed by atoms with van der Waals surface area (Å²) in [7, 11) is 0. The van der Waals surface area contributed by atoms with Crippen LogP contribution >= 0.6 is 0 Å². The first-order valence-corrected chi connectivity index (χ1v) is 11.1. The first kappa shape index (κ1) is 22.5. The van der Waals surface area contributed by atoms with E-state index in [9.17, 15) is 19.2 Å². The molecule has 1 aromatic heterocycles. The average Bonchev–Trinajstić information content (AvgIpc) is 3.34. The molecule has 4 rings (SSSR count). The third-order valence-corrected chi connectivity index (χ3v) is 6.10. The van der Waals surface area contributed by atoms with Crippen LogP contribution in [0, 0.1) is 0 Å². The lowest BCUT2D eigenvalue weighted by molar-refractivity contribution is -0.146. The molecule has 3 aromatic rings. The summed E-state index contributed by atoms with van der Waals surface area (Å²) in [5.74, 6) is -0.872. The Morgan fingerprint density at radius 3 is 2.42 bits per heavy atom. The van der Waals surface area contributed by atoms with Crippen LogP contribution in [0.2, 0.25) is 0 Å². The van der Waals surface area contributed by atoms with Gasteiger partial charge in [0.05, 0.1) is 17.5 Å². The molecule has 1 aliphatic heterocycles. The average molecular weight is 450 g/mol. The zero-order chi connectivity index (χ0) is 23.7. The molecule has 0 N–H and O–H groups in total. The van der Waals surface area contributed by atoms with Crippen molar-refractivity contribution in [3.8, 4) is 0 Å². The van der Waals surface area contributed by atoms with Crippen LogP contribution in [0.25, 0.3) is 11.0 Å². The number of ketones is 1. The zero-order valence-electron chi connectivity index (χ0n) is 19.0. The Labute approximate surface area is 191 Å². The Hall–Kier alpha value is -3.68. The molecule has 1 aliphatic rings. The summed E-state index contributed by atoms with van der Waals surface area (Å²) in [6.45, 7) is 6.27. The minimum atomic E-state index is -0.949. The number of ether oxygens (including phenoxy) is 1. The van der Waals surface area contributed by atoms with Gasteiger partial charge in [-0.15, -0.1) is 0 Å². The van der Waals surface area contributed by atoms with Gasteiger partial charge in [0.15, 0.2) is 6.10 Å². The molecule has 172 valence electrons. The van der Waals surface area contributed by atoms with E-state index in [0.717, 1.165) is 22.3 Å². The van der Waals surface area contributed by atoms with Crippen molar-refractivity contribution >= 4 is 34.4 Å². The first-order valence-electron chi connectivity index (χ1n) is 11.1. The number of carbonyl (C=O) groups excluding carboxylic acids is 3. The zero-order valence-corrected chi connectivity index (χ0v) is 19.0. The second-order valence-electron chi connectivity index (χ2n) is 8.18. The molecule has 33 heavy (non-hydrogen) atoms. The van der Waals surface area contributed by atoms with E-state index >= 15 is 0 Å². The summed E-state index contributed by atoms with van der Waals surface area (Å²) in [4.78, 5) is 51.4. The summed E-state index contributed by atoms with van der Waals surface area (Å²) in [6.07, 6.45) is -0.285. The predicted octanol–water partition coefficient (Wildman–Crippen LogP) is 2.94. The van der Waals surface area contributed by atoms with Gasteiger partial charge in [-0.3, -0.25) is 23.5 Å². The van der Waals surface area contributed by atoms with Crippen molar-refractivity contribution in [3.63, 3.8) is 0 Å². The standard InChI is InChI=1S/C25H27N3O5/c1-4-26-21-7-5-6-8-22(21)28(25(26)32)14-12-23(30)33-16(2)24(31)19-9-10-20-18(15-19)11-13-27(20)17(3)29/h5-10,15-16H,4,11-14H2,1-3H3/t16-/m0/s1. The van der Waals surface area contributed by atoms with Crippen LogP contribution in [-0.2, 0) is 33.8 Å². The fourth-order valence-corrected chi connectivity index (χ4v) is 4.42. The molecule has 0 aliphatic carbocycles. The summed E-state index contributed by atoms with van der Waals surface area (Å²) < 4.78 is 8.60. The maximum Gasteiger partial charge on any atom is 0.329 e. The maximum atomic E-state index is 12.8. The Bertz CT molecular complexity index is 1300. The molecule has 8 nitrogen and oxygen atoms in total. The molecule has 2 aromatic carbocycles. The summed E-state index contributed by atoms with van der Waals surface area (Å²) in [5, 5.41) is 0. The molecule has 1 amide bonds.